The number of anilines is 2. The van der Waals surface area contributed by atoms with Crippen molar-refractivity contribution in [3.8, 4) is 0 Å². The predicted molar refractivity (Wildman–Crippen MR) is 74.0 cm³/mol. The summed E-state index contributed by atoms with van der Waals surface area (Å²) in [5.41, 5.74) is 5.99. The third-order valence-corrected chi connectivity index (χ3v) is 4.29. The lowest BCUT2D eigenvalue weighted by Gasteiger charge is -2.28. The van der Waals surface area contributed by atoms with E-state index >= 15 is 0 Å². The van der Waals surface area contributed by atoms with Gasteiger partial charge in [0.05, 0.1) is 12.1 Å². The number of aromatic nitrogens is 3. The van der Waals surface area contributed by atoms with Crippen LogP contribution in [0.25, 0.3) is 0 Å². The first-order valence-electron chi connectivity index (χ1n) is 7.41. The molecule has 2 atom stereocenters. The van der Waals surface area contributed by atoms with Crippen molar-refractivity contribution in [1.82, 2.24) is 14.8 Å². The molecule has 0 amide bonds. The quantitative estimate of drug-likeness (QED) is 0.843. The third kappa shape index (κ3) is 2.54. The normalized spacial score (nSPS) is 28.6. The van der Waals surface area contributed by atoms with Crippen molar-refractivity contribution < 1.29 is 5.11 Å². The number of piperidine rings is 1. The highest BCUT2D eigenvalue weighted by Gasteiger charge is 2.28. The van der Waals surface area contributed by atoms with Crippen molar-refractivity contribution in [3.63, 3.8) is 0 Å². The largest absolute Gasteiger partial charge is 0.391 e. The van der Waals surface area contributed by atoms with Crippen LogP contribution in [0.2, 0.25) is 0 Å². The fraction of sp³-hybridized carbons (Fsp3) is 0.846. The van der Waals surface area contributed by atoms with Crippen molar-refractivity contribution in [1.29, 1.82) is 0 Å². The van der Waals surface area contributed by atoms with Crippen molar-refractivity contribution in [2.75, 3.05) is 23.7 Å². The molecular weight excluding hydrogens is 242 g/mol. The number of hydrogen-bond acceptors (Lipinski definition) is 5. The summed E-state index contributed by atoms with van der Waals surface area (Å²) in [6.45, 7) is 2.02. The molecule has 6 nitrogen and oxygen atoms in total. The van der Waals surface area contributed by atoms with Gasteiger partial charge in [0.15, 0.2) is 0 Å². The summed E-state index contributed by atoms with van der Waals surface area (Å²) in [5.74, 6) is 1.17. The van der Waals surface area contributed by atoms with Gasteiger partial charge in [0.2, 0.25) is 11.9 Å². The number of aliphatic hydroxyl groups excluding tert-OH is 1. The van der Waals surface area contributed by atoms with Crippen LogP contribution < -0.4 is 10.6 Å². The van der Waals surface area contributed by atoms with E-state index in [1.807, 2.05) is 0 Å². The topological polar surface area (TPSA) is 80.2 Å². The molecule has 6 heteroatoms. The Kier molecular flexibility index (Phi) is 3.59. The third-order valence-electron chi connectivity index (χ3n) is 4.29. The van der Waals surface area contributed by atoms with Gasteiger partial charge in [-0.3, -0.25) is 0 Å². The van der Waals surface area contributed by atoms with Crippen molar-refractivity contribution in [2.24, 2.45) is 0 Å². The van der Waals surface area contributed by atoms with E-state index in [4.69, 9.17) is 5.73 Å². The monoisotopic (exact) mass is 265 g/mol. The second-order valence-electron chi connectivity index (χ2n) is 5.68. The van der Waals surface area contributed by atoms with Crippen LogP contribution in [0.15, 0.2) is 0 Å². The number of nitrogens with two attached hydrogens (primary N) is 1. The molecule has 19 heavy (non-hydrogen) atoms. The summed E-state index contributed by atoms with van der Waals surface area (Å²) in [7, 11) is 0. The summed E-state index contributed by atoms with van der Waals surface area (Å²) in [6, 6.07) is -0.000194. The van der Waals surface area contributed by atoms with Gasteiger partial charge in [-0.2, -0.15) is 4.98 Å². The van der Waals surface area contributed by atoms with Gasteiger partial charge in [0.25, 0.3) is 0 Å². The maximum Gasteiger partial charge on any atom is 0.246 e. The van der Waals surface area contributed by atoms with Gasteiger partial charge in [-0.1, -0.05) is 12.8 Å². The van der Waals surface area contributed by atoms with Gasteiger partial charge < -0.3 is 15.7 Å². The van der Waals surface area contributed by atoms with Gasteiger partial charge >= 0.3 is 0 Å². The molecule has 2 aliphatic rings. The number of rotatable bonds is 2. The number of aliphatic hydroxyl groups is 1. The van der Waals surface area contributed by atoms with Crippen molar-refractivity contribution in [3.05, 3.63) is 0 Å². The molecule has 1 aromatic rings. The Labute approximate surface area is 113 Å². The van der Waals surface area contributed by atoms with E-state index < -0.39 is 0 Å². The Balaban J connectivity index is 1.80. The van der Waals surface area contributed by atoms with Crippen molar-refractivity contribution in [2.45, 2.75) is 57.1 Å². The highest BCUT2D eigenvalue weighted by Crippen LogP contribution is 2.30. The second-order valence-corrected chi connectivity index (χ2v) is 5.68. The van der Waals surface area contributed by atoms with E-state index in [1.54, 1.807) is 4.68 Å². The van der Waals surface area contributed by atoms with Gasteiger partial charge in [-0.15, -0.1) is 5.10 Å². The molecule has 1 saturated carbocycles. The Hall–Kier alpha value is -1.30. The van der Waals surface area contributed by atoms with Crippen LogP contribution in [0.5, 0.6) is 0 Å². The molecule has 1 aliphatic carbocycles. The second kappa shape index (κ2) is 5.36. The molecule has 3 rings (SSSR count). The maximum absolute atomic E-state index is 10.1. The Morgan fingerprint density at radius 3 is 2.53 bits per heavy atom. The number of nitrogens with zero attached hydrogens (tertiary/aromatic N) is 4. The van der Waals surface area contributed by atoms with Crippen LogP contribution in [0.4, 0.5) is 11.9 Å². The lowest BCUT2D eigenvalue weighted by molar-refractivity contribution is 0.0705. The van der Waals surface area contributed by atoms with E-state index in [0.717, 1.165) is 44.7 Å². The Morgan fingerprint density at radius 1 is 1.05 bits per heavy atom. The van der Waals surface area contributed by atoms with Crippen LogP contribution in [0.3, 0.4) is 0 Å². The van der Waals surface area contributed by atoms with E-state index in [9.17, 15) is 5.11 Å². The van der Waals surface area contributed by atoms with Crippen LogP contribution in [0.1, 0.15) is 51.0 Å². The minimum Gasteiger partial charge on any atom is -0.391 e. The zero-order valence-electron chi connectivity index (χ0n) is 11.3. The lowest BCUT2D eigenvalue weighted by Crippen LogP contribution is -2.31. The molecular formula is C13H23N5O. The van der Waals surface area contributed by atoms with Gasteiger partial charge in [-0.25, -0.2) is 4.68 Å². The fourth-order valence-electron chi connectivity index (χ4n) is 3.17. The minimum atomic E-state index is -0.341. The van der Waals surface area contributed by atoms with E-state index in [-0.39, 0.29) is 12.1 Å². The maximum atomic E-state index is 10.1. The lowest BCUT2D eigenvalue weighted by atomic mass is 9.93. The molecule has 0 radical (unpaired) electrons. The van der Waals surface area contributed by atoms with Gasteiger partial charge in [0.1, 0.15) is 0 Å². The molecule has 106 valence electrons. The van der Waals surface area contributed by atoms with Crippen LogP contribution in [0, 0.1) is 0 Å². The van der Waals surface area contributed by atoms with Crippen molar-refractivity contribution >= 4 is 11.9 Å². The first-order valence-corrected chi connectivity index (χ1v) is 7.41. The highest BCUT2D eigenvalue weighted by atomic mass is 16.3. The first-order chi connectivity index (χ1) is 9.25. The highest BCUT2D eigenvalue weighted by molar-refractivity contribution is 5.35. The summed E-state index contributed by atoms with van der Waals surface area (Å²) in [4.78, 5) is 6.59. The molecule has 1 aromatic heterocycles. The molecule has 1 aliphatic heterocycles. The summed E-state index contributed by atoms with van der Waals surface area (Å²) < 4.78 is 1.74. The molecule has 0 aromatic carbocycles. The molecule has 1 saturated heterocycles. The average molecular weight is 265 g/mol. The zero-order valence-corrected chi connectivity index (χ0v) is 11.3. The van der Waals surface area contributed by atoms with Gasteiger partial charge in [-0.05, 0) is 32.1 Å². The minimum absolute atomic E-state index is 0.000194. The molecule has 2 heterocycles. The first kappa shape index (κ1) is 12.7. The van der Waals surface area contributed by atoms with E-state index in [1.165, 1.54) is 19.3 Å². The standard InChI is InChI=1S/C13H23N5O/c14-12-15-13(17-8-4-1-5-9-17)16-18(12)10-6-2-3-7-11(10)19/h10-11,19H,1-9H2,(H2,14,15,16). The Bertz CT molecular complexity index is 427. The van der Waals surface area contributed by atoms with Crippen LogP contribution in [-0.4, -0.2) is 39.1 Å². The van der Waals surface area contributed by atoms with Crippen LogP contribution in [-0.2, 0) is 0 Å². The SMILES string of the molecule is Nc1nc(N2CCCCC2)nn1C1CCCCC1O. The Morgan fingerprint density at radius 2 is 1.79 bits per heavy atom. The molecule has 2 unspecified atom stereocenters. The molecule has 0 spiro atoms. The van der Waals surface area contributed by atoms with Gasteiger partial charge in [0, 0.05) is 13.1 Å². The van der Waals surface area contributed by atoms with E-state index in [2.05, 4.69) is 15.0 Å². The molecule has 2 fully saturated rings. The summed E-state index contributed by atoms with van der Waals surface area (Å²) in [6.07, 6.45) is 7.32. The predicted octanol–water partition coefficient (Wildman–Crippen LogP) is 1.33. The fourth-order valence-corrected chi connectivity index (χ4v) is 3.17. The van der Waals surface area contributed by atoms with Crippen LogP contribution >= 0.6 is 0 Å². The molecule has 3 N–H and O–H groups in total. The number of nitrogen functional groups attached to an aromatic ring is 1. The number of hydrogen-bond donors (Lipinski definition) is 2. The molecule has 0 bridgehead atoms. The smallest absolute Gasteiger partial charge is 0.246 e. The zero-order chi connectivity index (χ0) is 13.2. The summed E-state index contributed by atoms with van der Waals surface area (Å²) in [5, 5.41) is 14.7. The van der Waals surface area contributed by atoms with E-state index in [0.29, 0.717) is 5.95 Å². The summed E-state index contributed by atoms with van der Waals surface area (Å²) >= 11 is 0. The average Bonchev–Trinajstić information content (AvgIpc) is 2.82.